The number of amides is 1. The number of hydrogen-bond acceptors (Lipinski definition) is 9. The van der Waals surface area contributed by atoms with E-state index in [1.807, 2.05) is 53.0 Å². The SMILES string of the molecule is Cn1c(C(=O)N2CCN(Cc3ccc(OCC(F)(F)F)cc3)CC2)cc2ccc(Oc3ccc(CCCCCCCCCCN)cn3)cc21.O=S(=O)(O)c1cccc2cnccc12. The lowest BCUT2D eigenvalue weighted by Gasteiger charge is -2.34. The van der Waals surface area contributed by atoms with E-state index in [9.17, 15) is 26.4 Å². The minimum atomic E-state index is -4.37. The number of halogens is 3. The Hall–Kier alpha value is -5.55. The molecule has 0 unspecified atom stereocenters. The first-order valence-corrected chi connectivity index (χ1v) is 22.7. The average Bonchev–Trinajstić information content (AvgIpc) is 3.60. The first kappa shape index (κ1) is 46.9. The van der Waals surface area contributed by atoms with E-state index in [2.05, 4.69) is 20.9 Å². The van der Waals surface area contributed by atoms with E-state index in [1.54, 1.807) is 48.7 Å². The summed E-state index contributed by atoms with van der Waals surface area (Å²) in [5.41, 5.74) is 9.26. The van der Waals surface area contributed by atoms with Gasteiger partial charge < -0.3 is 24.7 Å². The molecule has 1 amide bonds. The highest BCUT2D eigenvalue weighted by atomic mass is 32.2. The highest BCUT2D eigenvalue weighted by Crippen LogP contribution is 2.28. The van der Waals surface area contributed by atoms with Crippen LogP contribution in [0.15, 0.2) is 108 Å². The standard InChI is InChI=1S/C38H48F3N5O3.C9H7NO3S/c1-44-34-25-33(49-36-18-13-29(26-43-36)10-8-6-4-2-3-5-7-9-19-42)17-14-31(34)24-35(44)37(47)46-22-20-45(21-23-46)27-30-11-15-32(16-12-30)48-28-38(39,40)41;11-14(12,13)9-3-1-2-7-6-10-5-4-8(7)9/h11-18,24-26H,2-10,19-23,27-28,42H2,1H3;1-6H,(H,11,12,13). The molecule has 0 radical (unpaired) electrons. The molecule has 3 N–H and O–H groups in total. The van der Waals surface area contributed by atoms with Crippen LogP contribution in [-0.2, 0) is 30.1 Å². The molecule has 0 bridgehead atoms. The van der Waals surface area contributed by atoms with Crippen molar-refractivity contribution >= 4 is 37.7 Å². The molecule has 3 aromatic heterocycles. The first-order valence-electron chi connectivity index (χ1n) is 21.3. The molecule has 0 aliphatic carbocycles. The zero-order valence-electron chi connectivity index (χ0n) is 35.5. The van der Waals surface area contributed by atoms with E-state index in [0.29, 0.717) is 60.8 Å². The summed E-state index contributed by atoms with van der Waals surface area (Å²) in [4.78, 5) is 26.0. The second kappa shape index (κ2) is 22.2. The Bertz CT molecular complexity index is 2500. The number of rotatable bonds is 18. The number of hydrogen-bond donors (Lipinski definition) is 2. The first-order chi connectivity index (χ1) is 30.3. The normalized spacial score (nSPS) is 13.5. The molecule has 1 aliphatic heterocycles. The van der Waals surface area contributed by atoms with Gasteiger partial charge in [-0.25, -0.2) is 4.98 Å². The summed E-state index contributed by atoms with van der Waals surface area (Å²) < 4.78 is 80.9. The Balaban J connectivity index is 0.000000397. The van der Waals surface area contributed by atoms with Crippen molar-refractivity contribution in [2.45, 2.75) is 75.4 Å². The molecule has 3 aromatic carbocycles. The van der Waals surface area contributed by atoms with Crippen molar-refractivity contribution in [2.24, 2.45) is 12.8 Å². The van der Waals surface area contributed by atoms with Gasteiger partial charge in [-0.05, 0) is 79.4 Å². The van der Waals surface area contributed by atoms with Crippen LogP contribution in [0.4, 0.5) is 13.2 Å². The lowest BCUT2D eigenvalue weighted by molar-refractivity contribution is -0.153. The highest BCUT2D eigenvalue weighted by molar-refractivity contribution is 7.86. The second-order valence-electron chi connectivity index (χ2n) is 15.7. The summed E-state index contributed by atoms with van der Waals surface area (Å²) in [6, 6.07) is 24.6. The van der Waals surface area contributed by atoms with E-state index in [0.717, 1.165) is 42.3 Å². The van der Waals surface area contributed by atoms with Gasteiger partial charge in [0.05, 0.1) is 5.52 Å². The van der Waals surface area contributed by atoms with Crippen molar-refractivity contribution in [1.29, 1.82) is 0 Å². The summed E-state index contributed by atoms with van der Waals surface area (Å²) in [6.07, 6.45) is 11.5. The molecule has 1 saturated heterocycles. The van der Waals surface area contributed by atoms with Crippen molar-refractivity contribution in [2.75, 3.05) is 39.3 Å². The van der Waals surface area contributed by atoms with Gasteiger partial charge in [0.2, 0.25) is 5.88 Å². The minimum absolute atomic E-state index is 0.0215. The Labute approximate surface area is 366 Å². The minimum Gasteiger partial charge on any atom is -0.484 e. The predicted octanol–water partition coefficient (Wildman–Crippen LogP) is 9.37. The third-order valence-corrected chi connectivity index (χ3v) is 11.9. The molecule has 12 nitrogen and oxygen atoms in total. The molecular formula is C47H55F3N6O6S. The summed E-state index contributed by atoms with van der Waals surface area (Å²) in [6.45, 7) is 2.69. The van der Waals surface area contributed by atoms with Gasteiger partial charge >= 0.3 is 6.18 Å². The molecule has 4 heterocycles. The Morgan fingerprint density at radius 3 is 2.14 bits per heavy atom. The zero-order chi connectivity index (χ0) is 44.8. The number of carbonyl (C=O) groups excluding carboxylic acids is 1. The summed E-state index contributed by atoms with van der Waals surface area (Å²) >= 11 is 0. The number of nitrogens with two attached hydrogens (primary N) is 1. The maximum atomic E-state index is 13.6. The Kier molecular flexibility index (Phi) is 16.5. The lowest BCUT2D eigenvalue weighted by Crippen LogP contribution is -2.48. The van der Waals surface area contributed by atoms with Crippen LogP contribution in [-0.4, -0.2) is 88.7 Å². The quantitative estimate of drug-likeness (QED) is 0.0631. The van der Waals surface area contributed by atoms with E-state index in [-0.39, 0.29) is 16.6 Å². The molecule has 336 valence electrons. The number of nitrogens with zero attached hydrogens (tertiary/aromatic N) is 5. The summed E-state index contributed by atoms with van der Waals surface area (Å²) in [5, 5.41) is 2.12. The molecule has 63 heavy (non-hydrogen) atoms. The van der Waals surface area contributed by atoms with Crippen LogP contribution < -0.4 is 15.2 Å². The Morgan fingerprint density at radius 2 is 1.48 bits per heavy atom. The smallest absolute Gasteiger partial charge is 0.422 e. The molecule has 1 aliphatic rings. The Morgan fingerprint density at radius 1 is 0.794 bits per heavy atom. The third kappa shape index (κ3) is 14.0. The largest absolute Gasteiger partial charge is 0.484 e. The molecule has 0 spiro atoms. The molecule has 7 rings (SSSR count). The number of ether oxygens (including phenoxy) is 2. The molecular weight excluding hydrogens is 834 g/mol. The predicted molar refractivity (Wildman–Crippen MR) is 238 cm³/mol. The topological polar surface area (TPSA) is 153 Å². The monoisotopic (exact) mass is 888 g/mol. The van der Waals surface area contributed by atoms with Crippen LogP contribution in [0.25, 0.3) is 21.7 Å². The van der Waals surface area contributed by atoms with Crippen molar-refractivity contribution in [3.8, 4) is 17.4 Å². The number of fused-ring (bicyclic) bond motifs is 2. The van der Waals surface area contributed by atoms with Crippen LogP contribution in [0.3, 0.4) is 0 Å². The van der Waals surface area contributed by atoms with Gasteiger partial charge in [0.25, 0.3) is 16.0 Å². The van der Waals surface area contributed by atoms with E-state index >= 15 is 0 Å². The van der Waals surface area contributed by atoms with Gasteiger partial charge in [-0.2, -0.15) is 21.6 Å². The fraction of sp³-hybridized carbons (Fsp3) is 0.383. The molecule has 6 aromatic rings. The van der Waals surface area contributed by atoms with Gasteiger partial charge in [-0.1, -0.05) is 68.9 Å². The number of aryl methyl sites for hydroxylation is 2. The second-order valence-corrected chi connectivity index (χ2v) is 17.1. The third-order valence-electron chi connectivity index (χ3n) is 11.0. The van der Waals surface area contributed by atoms with Gasteiger partial charge in [0, 0.05) is 86.7 Å². The van der Waals surface area contributed by atoms with Crippen molar-refractivity contribution < 1.29 is 40.4 Å². The van der Waals surface area contributed by atoms with Crippen LogP contribution in [0, 0.1) is 0 Å². The lowest BCUT2D eigenvalue weighted by atomic mass is 10.1. The van der Waals surface area contributed by atoms with Gasteiger partial charge in [-0.15, -0.1) is 0 Å². The number of benzene rings is 3. The van der Waals surface area contributed by atoms with E-state index in [4.69, 9.17) is 19.8 Å². The number of aromatic nitrogens is 3. The van der Waals surface area contributed by atoms with Crippen LogP contribution in [0.2, 0.25) is 0 Å². The summed E-state index contributed by atoms with van der Waals surface area (Å²) in [7, 11) is -2.26. The van der Waals surface area contributed by atoms with Gasteiger partial charge in [0.15, 0.2) is 6.61 Å². The van der Waals surface area contributed by atoms with E-state index in [1.165, 1.54) is 56.4 Å². The fourth-order valence-electron chi connectivity index (χ4n) is 7.56. The van der Waals surface area contributed by atoms with Crippen LogP contribution in [0.5, 0.6) is 17.4 Å². The van der Waals surface area contributed by atoms with Crippen molar-refractivity contribution in [3.63, 3.8) is 0 Å². The fourth-order valence-corrected chi connectivity index (χ4v) is 8.27. The molecule has 0 atom stereocenters. The zero-order valence-corrected chi connectivity index (χ0v) is 36.3. The van der Waals surface area contributed by atoms with Crippen LogP contribution in [0.1, 0.15) is 73.0 Å². The molecule has 16 heteroatoms. The van der Waals surface area contributed by atoms with Crippen LogP contribution >= 0.6 is 0 Å². The summed E-state index contributed by atoms with van der Waals surface area (Å²) in [5.74, 6) is 1.36. The number of piperazine rings is 1. The van der Waals surface area contributed by atoms with E-state index < -0.39 is 22.9 Å². The molecule has 0 saturated carbocycles. The van der Waals surface area contributed by atoms with Crippen molar-refractivity contribution in [1.82, 2.24) is 24.3 Å². The number of unbranched alkanes of at least 4 members (excludes halogenated alkanes) is 7. The number of pyridine rings is 2. The maximum absolute atomic E-state index is 13.6. The van der Waals surface area contributed by atoms with Gasteiger partial charge in [0.1, 0.15) is 22.1 Å². The van der Waals surface area contributed by atoms with Crippen molar-refractivity contribution in [3.05, 3.63) is 120 Å². The highest BCUT2D eigenvalue weighted by Gasteiger charge is 2.28. The number of carbonyl (C=O) groups is 1. The average molecular weight is 889 g/mol. The van der Waals surface area contributed by atoms with Gasteiger partial charge in [-0.3, -0.25) is 19.2 Å². The number of alkyl halides is 3. The maximum Gasteiger partial charge on any atom is 0.422 e. The molecule has 1 fully saturated rings.